The molecule has 160 valence electrons. The van der Waals surface area contributed by atoms with Crippen LogP contribution in [0.5, 0.6) is 17.2 Å². The Morgan fingerprint density at radius 3 is 2.65 bits per heavy atom. The van der Waals surface area contributed by atoms with Gasteiger partial charge in [-0.3, -0.25) is 14.9 Å². The van der Waals surface area contributed by atoms with Gasteiger partial charge in [-0.15, -0.1) is 0 Å². The van der Waals surface area contributed by atoms with E-state index in [1.54, 1.807) is 24.3 Å². The SMILES string of the molecule is C=CCOc1c(Br)cc(/C=C(\C#N)C(=O)Nc2ccc(OC)cc2[N+](=O)[O-])cc1OC. The van der Waals surface area contributed by atoms with Gasteiger partial charge in [0.2, 0.25) is 0 Å². The number of nitro groups is 1. The maximum atomic E-state index is 12.6. The van der Waals surface area contributed by atoms with Crippen LogP contribution in [0.2, 0.25) is 0 Å². The molecule has 9 nitrogen and oxygen atoms in total. The van der Waals surface area contributed by atoms with Gasteiger partial charge in [0.05, 0.1) is 29.7 Å². The number of nitrogens with zero attached hydrogens (tertiary/aromatic N) is 2. The number of nitriles is 1. The van der Waals surface area contributed by atoms with Crippen LogP contribution in [0.4, 0.5) is 11.4 Å². The molecule has 31 heavy (non-hydrogen) atoms. The van der Waals surface area contributed by atoms with Crippen LogP contribution in [0.15, 0.2) is 53.0 Å². The van der Waals surface area contributed by atoms with Crippen molar-refractivity contribution < 1.29 is 23.9 Å². The van der Waals surface area contributed by atoms with Crippen LogP contribution in [-0.2, 0) is 4.79 Å². The van der Waals surface area contributed by atoms with Crippen molar-refractivity contribution in [1.82, 2.24) is 0 Å². The molecule has 0 saturated heterocycles. The molecule has 0 aliphatic carbocycles. The number of halogens is 1. The Labute approximate surface area is 186 Å². The predicted octanol–water partition coefficient (Wildman–Crippen LogP) is 4.48. The standard InChI is InChI=1S/C21H18BrN3O6/c1-4-7-31-20-16(22)9-13(10-19(20)30-3)8-14(12-23)21(26)24-17-6-5-15(29-2)11-18(17)25(27)28/h4-6,8-11H,1,7H2,2-3H3,(H,24,26)/b14-8+. The molecule has 0 heterocycles. The van der Waals surface area contributed by atoms with Crippen LogP contribution < -0.4 is 19.5 Å². The van der Waals surface area contributed by atoms with Crippen molar-refractivity contribution in [3.05, 3.63) is 68.7 Å². The maximum Gasteiger partial charge on any atom is 0.296 e. The first-order valence-electron chi connectivity index (χ1n) is 8.71. The molecule has 2 aromatic carbocycles. The highest BCUT2D eigenvalue weighted by molar-refractivity contribution is 9.10. The lowest BCUT2D eigenvalue weighted by atomic mass is 10.1. The van der Waals surface area contributed by atoms with E-state index in [9.17, 15) is 20.2 Å². The molecule has 0 bridgehead atoms. The lowest BCUT2D eigenvalue weighted by Crippen LogP contribution is -2.14. The highest BCUT2D eigenvalue weighted by atomic mass is 79.9. The van der Waals surface area contributed by atoms with E-state index in [1.165, 1.54) is 38.5 Å². The van der Waals surface area contributed by atoms with Gasteiger partial charge in [0.1, 0.15) is 29.7 Å². The molecule has 0 unspecified atom stereocenters. The lowest BCUT2D eigenvalue weighted by Gasteiger charge is -2.12. The van der Waals surface area contributed by atoms with Crippen molar-refractivity contribution in [2.75, 3.05) is 26.1 Å². The van der Waals surface area contributed by atoms with E-state index in [0.29, 0.717) is 21.5 Å². The number of carbonyl (C=O) groups is 1. The van der Waals surface area contributed by atoms with Gasteiger partial charge in [-0.1, -0.05) is 12.7 Å². The second kappa shape index (κ2) is 10.8. The van der Waals surface area contributed by atoms with Crippen molar-refractivity contribution >= 4 is 39.3 Å². The normalized spacial score (nSPS) is 10.6. The average Bonchev–Trinajstić information content (AvgIpc) is 2.76. The van der Waals surface area contributed by atoms with E-state index >= 15 is 0 Å². The Morgan fingerprint density at radius 1 is 1.32 bits per heavy atom. The van der Waals surface area contributed by atoms with Gasteiger partial charge < -0.3 is 19.5 Å². The van der Waals surface area contributed by atoms with Crippen molar-refractivity contribution in [2.24, 2.45) is 0 Å². The summed E-state index contributed by atoms with van der Waals surface area (Å²) in [6, 6.07) is 8.99. The predicted molar refractivity (Wildman–Crippen MR) is 118 cm³/mol. The highest BCUT2D eigenvalue weighted by Crippen LogP contribution is 2.37. The monoisotopic (exact) mass is 487 g/mol. The van der Waals surface area contributed by atoms with E-state index < -0.39 is 10.8 Å². The van der Waals surface area contributed by atoms with Gasteiger partial charge in [0.25, 0.3) is 11.6 Å². The Balaban J connectivity index is 2.37. The number of nitro benzene ring substituents is 1. The second-order valence-electron chi connectivity index (χ2n) is 5.90. The fraction of sp³-hybridized carbons (Fsp3) is 0.143. The molecule has 0 radical (unpaired) electrons. The molecule has 1 N–H and O–H groups in total. The molecule has 2 aromatic rings. The van der Waals surface area contributed by atoms with Crippen LogP contribution in [0.25, 0.3) is 6.08 Å². The average molecular weight is 488 g/mol. The summed E-state index contributed by atoms with van der Waals surface area (Å²) in [5.41, 5.74) is -0.216. The molecule has 0 atom stereocenters. The third kappa shape index (κ3) is 5.83. The first kappa shape index (κ1) is 23.4. The molecular weight excluding hydrogens is 470 g/mol. The lowest BCUT2D eigenvalue weighted by molar-refractivity contribution is -0.384. The fourth-order valence-electron chi connectivity index (χ4n) is 2.51. The van der Waals surface area contributed by atoms with E-state index in [-0.39, 0.29) is 29.3 Å². The fourth-order valence-corrected chi connectivity index (χ4v) is 3.08. The molecule has 0 aromatic heterocycles. The summed E-state index contributed by atoms with van der Waals surface area (Å²) in [5.74, 6) is 0.275. The number of carbonyl (C=O) groups excluding carboxylic acids is 1. The minimum absolute atomic E-state index is 0.0658. The Kier molecular flexibility index (Phi) is 8.16. The molecule has 0 saturated carbocycles. The van der Waals surface area contributed by atoms with Crippen LogP contribution in [-0.4, -0.2) is 31.7 Å². The van der Waals surface area contributed by atoms with E-state index in [4.69, 9.17) is 14.2 Å². The summed E-state index contributed by atoms with van der Waals surface area (Å²) < 4.78 is 16.4. The molecule has 0 aliphatic rings. The minimum Gasteiger partial charge on any atom is -0.496 e. The van der Waals surface area contributed by atoms with E-state index in [2.05, 4.69) is 27.8 Å². The van der Waals surface area contributed by atoms with Crippen molar-refractivity contribution in [3.8, 4) is 23.3 Å². The molecule has 0 aliphatic heterocycles. The number of methoxy groups -OCH3 is 2. The van der Waals surface area contributed by atoms with Gasteiger partial charge in [-0.25, -0.2) is 0 Å². The largest absolute Gasteiger partial charge is 0.496 e. The number of hydrogen-bond acceptors (Lipinski definition) is 7. The number of hydrogen-bond donors (Lipinski definition) is 1. The summed E-state index contributed by atoms with van der Waals surface area (Å²) >= 11 is 3.37. The van der Waals surface area contributed by atoms with Crippen LogP contribution >= 0.6 is 15.9 Å². The summed E-state index contributed by atoms with van der Waals surface area (Å²) in [5, 5.41) is 23.1. The molecule has 0 fully saturated rings. The van der Waals surface area contributed by atoms with Crippen molar-refractivity contribution in [3.63, 3.8) is 0 Å². The molecule has 2 rings (SSSR count). The number of benzene rings is 2. The number of ether oxygens (including phenoxy) is 3. The molecule has 0 spiro atoms. The molecule has 1 amide bonds. The number of anilines is 1. The van der Waals surface area contributed by atoms with Crippen LogP contribution in [0, 0.1) is 21.4 Å². The number of amides is 1. The Bertz CT molecular complexity index is 1090. The third-order valence-electron chi connectivity index (χ3n) is 3.92. The summed E-state index contributed by atoms with van der Waals surface area (Å²) in [6.07, 6.45) is 2.91. The quantitative estimate of drug-likeness (QED) is 0.181. The van der Waals surface area contributed by atoms with Crippen molar-refractivity contribution in [2.45, 2.75) is 0 Å². The van der Waals surface area contributed by atoms with Crippen molar-refractivity contribution in [1.29, 1.82) is 5.26 Å². The maximum absolute atomic E-state index is 12.6. The van der Waals surface area contributed by atoms with Gasteiger partial charge in [-0.05, 0) is 51.8 Å². The smallest absolute Gasteiger partial charge is 0.296 e. The van der Waals surface area contributed by atoms with Crippen LogP contribution in [0.1, 0.15) is 5.56 Å². The van der Waals surface area contributed by atoms with Gasteiger partial charge >= 0.3 is 0 Å². The first-order chi connectivity index (χ1) is 14.8. The summed E-state index contributed by atoms with van der Waals surface area (Å²) in [4.78, 5) is 23.2. The molecular formula is C21H18BrN3O6. The summed E-state index contributed by atoms with van der Waals surface area (Å²) in [7, 11) is 2.82. The van der Waals surface area contributed by atoms with Gasteiger partial charge in [-0.2, -0.15) is 5.26 Å². The number of rotatable bonds is 9. The van der Waals surface area contributed by atoms with Crippen LogP contribution in [0.3, 0.4) is 0 Å². The highest BCUT2D eigenvalue weighted by Gasteiger charge is 2.19. The Hall–Kier alpha value is -3.84. The zero-order chi connectivity index (χ0) is 23.0. The van der Waals surface area contributed by atoms with E-state index in [1.807, 2.05) is 0 Å². The van der Waals surface area contributed by atoms with E-state index in [0.717, 1.165) is 0 Å². The first-order valence-corrected chi connectivity index (χ1v) is 9.50. The zero-order valence-corrected chi connectivity index (χ0v) is 18.3. The zero-order valence-electron chi connectivity index (χ0n) is 16.7. The summed E-state index contributed by atoms with van der Waals surface area (Å²) in [6.45, 7) is 3.85. The topological polar surface area (TPSA) is 124 Å². The molecule has 10 heteroatoms. The third-order valence-corrected chi connectivity index (χ3v) is 4.51. The second-order valence-corrected chi connectivity index (χ2v) is 6.75. The van der Waals surface area contributed by atoms with Gasteiger partial charge in [0.15, 0.2) is 11.5 Å². The van der Waals surface area contributed by atoms with Gasteiger partial charge in [0, 0.05) is 0 Å². The Morgan fingerprint density at radius 2 is 2.06 bits per heavy atom. The minimum atomic E-state index is -0.808. The number of nitrogens with one attached hydrogen (secondary N) is 1.